The Bertz CT molecular complexity index is 763. The van der Waals surface area contributed by atoms with E-state index >= 15 is 0 Å². The number of carbonyl (C=O) groups is 1. The van der Waals surface area contributed by atoms with Crippen molar-refractivity contribution in [3.05, 3.63) is 54.1 Å². The third-order valence-electron chi connectivity index (χ3n) is 5.47. The van der Waals surface area contributed by atoms with Crippen molar-refractivity contribution in [3.8, 4) is 5.75 Å². The summed E-state index contributed by atoms with van der Waals surface area (Å²) in [6.45, 7) is 4.95. The lowest BCUT2D eigenvalue weighted by atomic mass is 9.77. The zero-order valence-electron chi connectivity index (χ0n) is 16.1. The predicted octanol–water partition coefficient (Wildman–Crippen LogP) is 4.31. The Hall–Kier alpha value is -1.98. The van der Waals surface area contributed by atoms with E-state index in [1.165, 1.54) is 0 Å². The highest BCUT2D eigenvalue weighted by Gasteiger charge is 2.36. The molecule has 1 saturated heterocycles. The molecule has 1 unspecified atom stereocenters. The first-order valence-electron chi connectivity index (χ1n) is 9.30. The van der Waals surface area contributed by atoms with Crippen LogP contribution in [0.15, 0.2) is 58.3 Å². The molecule has 1 N–H and O–H groups in total. The number of nitrogens with zero attached hydrogens (tertiary/aromatic N) is 1. The van der Waals surface area contributed by atoms with Gasteiger partial charge >= 0.3 is 0 Å². The minimum absolute atomic E-state index is 0.119. The molecule has 3 rings (SSSR count). The van der Waals surface area contributed by atoms with Crippen molar-refractivity contribution in [3.63, 3.8) is 0 Å². The molecule has 1 amide bonds. The summed E-state index contributed by atoms with van der Waals surface area (Å²) >= 11 is 1.68. The van der Waals surface area contributed by atoms with Crippen LogP contribution < -0.4 is 4.74 Å². The van der Waals surface area contributed by atoms with E-state index in [0.29, 0.717) is 0 Å². The van der Waals surface area contributed by atoms with Crippen molar-refractivity contribution in [2.75, 3.05) is 20.2 Å². The molecule has 0 spiro atoms. The summed E-state index contributed by atoms with van der Waals surface area (Å²) in [5, 5.41) is 11.1. The Morgan fingerprint density at radius 3 is 2.07 bits per heavy atom. The van der Waals surface area contributed by atoms with E-state index in [9.17, 15) is 9.90 Å². The van der Waals surface area contributed by atoms with Gasteiger partial charge in [-0.1, -0.05) is 23.9 Å². The molecule has 0 bridgehead atoms. The molecule has 27 heavy (non-hydrogen) atoms. The van der Waals surface area contributed by atoms with E-state index in [2.05, 4.69) is 12.1 Å². The maximum Gasteiger partial charge on any atom is 0.219 e. The lowest BCUT2D eigenvalue weighted by Gasteiger charge is -2.39. The summed E-state index contributed by atoms with van der Waals surface area (Å²) in [7, 11) is 1.66. The van der Waals surface area contributed by atoms with Crippen molar-refractivity contribution < 1.29 is 14.6 Å². The third-order valence-corrected chi connectivity index (χ3v) is 6.48. The van der Waals surface area contributed by atoms with Crippen LogP contribution in [0.25, 0.3) is 0 Å². The van der Waals surface area contributed by atoms with E-state index in [1.807, 2.05) is 48.2 Å². The Balaban J connectivity index is 1.65. The molecule has 2 aromatic rings. The van der Waals surface area contributed by atoms with Crippen LogP contribution in [0, 0.1) is 5.92 Å². The zero-order valence-corrected chi connectivity index (χ0v) is 17.0. The second kappa shape index (κ2) is 8.36. The molecule has 1 heterocycles. The number of piperidine rings is 1. The Morgan fingerprint density at radius 1 is 1.07 bits per heavy atom. The minimum Gasteiger partial charge on any atom is -0.497 e. The fraction of sp³-hybridized carbons (Fsp3) is 0.409. The number of amides is 1. The highest BCUT2D eigenvalue weighted by molar-refractivity contribution is 7.99. The van der Waals surface area contributed by atoms with Gasteiger partial charge in [0.2, 0.25) is 5.91 Å². The Morgan fingerprint density at radius 2 is 1.59 bits per heavy atom. The predicted molar refractivity (Wildman–Crippen MR) is 108 cm³/mol. The summed E-state index contributed by atoms with van der Waals surface area (Å²) in [5.74, 6) is 1.13. The van der Waals surface area contributed by atoms with Crippen LogP contribution in [0.4, 0.5) is 0 Å². The summed E-state index contributed by atoms with van der Waals surface area (Å²) < 4.78 is 5.19. The molecule has 2 aromatic carbocycles. The van der Waals surface area contributed by atoms with Gasteiger partial charge in [-0.2, -0.15) is 0 Å². The average molecular weight is 386 g/mol. The smallest absolute Gasteiger partial charge is 0.219 e. The molecule has 144 valence electrons. The average Bonchev–Trinajstić information content (AvgIpc) is 2.69. The van der Waals surface area contributed by atoms with Crippen molar-refractivity contribution >= 4 is 17.7 Å². The lowest BCUT2D eigenvalue weighted by molar-refractivity contribution is -0.132. The number of carbonyl (C=O) groups excluding carboxylic acids is 1. The summed E-state index contributed by atoms with van der Waals surface area (Å²) in [5.41, 5.74) is 0.0505. The van der Waals surface area contributed by atoms with Gasteiger partial charge in [-0.05, 0) is 67.6 Å². The number of rotatable bonds is 5. The first kappa shape index (κ1) is 19.8. The Labute approximate surface area is 165 Å². The van der Waals surface area contributed by atoms with Gasteiger partial charge in [0.05, 0.1) is 12.7 Å². The molecule has 0 radical (unpaired) electrons. The molecular formula is C22H27NO3S. The van der Waals surface area contributed by atoms with Crippen LogP contribution in [0.2, 0.25) is 0 Å². The SMILES string of the molecule is COc1ccc(Sc2ccc(C(C)(O)C3CCN(C(C)=O)CC3)cc2)cc1. The van der Waals surface area contributed by atoms with Crippen LogP contribution in [-0.2, 0) is 10.4 Å². The monoisotopic (exact) mass is 385 g/mol. The van der Waals surface area contributed by atoms with E-state index in [1.54, 1.807) is 25.8 Å². The minimum atomic E-state index is -0.883. The number of likely N-dealkylation sites (tertiary alicyclic amines) is 1. The lowest BCUT2D eigenvalue weighted by Crippen LogP contribution is -2.43. The first-order valence-corrected chi connectivity index (χ1v) is 10.1. The maximum absolute atomic E-state index is 11.5. The summed E-state index contributed by atoms with van der Waals surface area (Å²) in [6.07, 6.45) is 1.66. The van der Waals surface area contributed by atoms with Crippen molar-refractivity contribution in [1.29, 1.82) is 0 Å². The number of aliphatic hydroxyl groups is 1. The van der Waals surface area contributed by atoms with Crippen LogP contribution in [0.5, 0.6) is 5.75 Å². The summed E-state index contributed by atoms with van der Waals surface area (Å²) in [4.78, 5) is 15.6. The number of methoxy groups -OCH3 is 1. The molecular weight excluding hydrogens is 358 g/mol. The van der Waals surface area contributed by atoms with E-state index in [4.69, 9.17) is 4.74 Å². The molecule has 4 nitrogen and oxygen atoms in total. The van der Waals surface area contributed by atoms with Crippen LogP contribution >= 0.6 is 11.8 Å². The van der Waals surface area contributed by atoms with Gasteiger partial charge in [0, 0.05) is 29.8 Å². The van der Waals surface area contributed by atoms with Gasteiger partial charge in [-0.15, -0.1) is 0 Å². The topological polar surface area (TPSA) is 49.8 Å². The molecule has 5 heteroatoms. The zero-order chi connectivity index (χ0) is 19.4. The second-order valence-corrected chi connectivity index (χ2v) is 8.38. The molecule has 0 aromatic heterocycles. The molecule has 1 aliphatic rings. The normalized spacial score (nSPS) is 17.4. The summed E-state index contributed by atoms with van der Waals surface area (Å²) in [6, 6.07) is 16.1. The van der Waals surface area contributed by atoms with Crippen LogP contribution in [-0.4, -0.2) is 36.1 Å². The van der Waals surface area contributed by atoms with E-state index < -0.39 is 5.60 Å². The van der Waals surface area contributed by atoms with Gasteiger partial charge in [0.1, 0.15) is 5.75 Å². The largest absolute Gasteiger partial charge is 0.497 e. The van der Waals surface area contributed by atoms with Gasteiger partial charge in [-0.3, -0.25) is 4.79 Å². The molecule has 1 atom stereocenters. The first-order chi connectivity index (χ1) is 12.9. The standard InChI is InChI=1S/C22H27NO3S/c1-16(24)23-14-12-18(13-15-23)22(2,25)17-4-8-20(9-5-17)27-21-10-6-19(26-3)7-11-21/h4-11,18,25H,12-15H2,1-3H3. The van der Waals surface area contributed by atoms with Crippen LogP contribution in [0.1, 0.15) is 32.3 Å². The second-order valence-electron chi connectivity index (χ2n) is 7.23. The Kier molecular flexibility index (Phi) is 6.12. The number of hydrogen-bond acceptors (Lipinski definition) is 4. The fourth-order valence-corrected chi connectivity index (χ4v) is 4.45. The molecule has 1 aliphatic heterocycles. The van der Waals surface area contributed by atoms with Gasteiger partial charge < -0.3 is 14.7 Å². The van der Waals surface area contributed by atoms with Gasteiger partial charge in [0.25, 0.3) is 0 Å². The molecule has 0 saturated carbocycles. The quantitative estimate of drug-likeness (QED) is 0.833. The third kappa shape index (κ3) is 4.66. The molecule has 0 aliphatic carbocycles. The number of hydrogen-bond donors (Lipinski definition) is 1. The van der Waals surface area contributed by atoms with Gasteiger partial charge in [0.15, 0.2) is 0 Å². The van der Waals surface area contributed by atoms with Crippen LogP contribution in [0.3, 0.4) is 0 Å². The highest BCUT2D eigenvalue weighted by Crippen LogP contribution is 2.37. The fourth-order valence-electron chi connectivity index (χ4n) is 3.63. The van der Waals surface area contributed by atoms with E-state index in [0.717, 1.165) is 47.0 Å². The van der Waals surface area contributed by atoms with E-state index in [-0.39, 0.29) is 11.8 Å². The number of ether oxygens (including phenoxy) is 1. The highest BCUT2D eigenvalue weighted by atomic mass is 32.2. The number of benzene rings is 2. The van der Waals surface area contributed by atoms with Crippen molar-refractivity contribution in [1.82, 2.24) is 4.90 Å². The maximum atomic E-state index is 11.5. The van der Waals surface area contributed by atoms with Crippen molar-refractivity contribution in [2.45, 2.75) is 42.1 Å². The van der Waals surface area contributed by atoms with Crippen molar-refractivity contribution in [2.24, 2.45) is 5.92 Å². The molecule has 1 fully saturated rings. The van der Waals surface area contributed by atoms with Gasteiger partial charge in [-0.25, -0.2) is 0 Å².